The van der Waals surface area contributed by atoms with Crippen LogP contribution in [-0.2, 0) is 0 Å². The van der Waals surface area contributed by atoms with Crippen LogP contribution in [-0.4, -0.2) is 11.0 Å². The van der Waals surface area contributed by atoms with Crippen molar-refractivity contribution in [1.29, 1.82) is 0 Å². The molecule has 0 atom stereocenters. The van der Waals surface area contributed by atoms with Gasteiger partial charge in [0.05, 0.1) is 11.3 Å². The Morgan fingerprint density at radius 3 is 2.35 bits per heavy atom. The van der Waals surface area contributed by atoms with Crippen LogP contribution in [0, 0.1) is 5.82 Å². The maximum Gasteiger partial charge on any atom is 0.260 e. The number of benzene rings is 2. The molecule has 0 fully saturated rings. The lowest BCUT2D eigenvalue weighted by Gasteiger charge is -2.11. The maximum atomic E-state index is 13.4. The Bertz CT molecular complexity index is 619. The number of anilines is 1. The maximum absolute atomic E-state index is 13.4. The third-order valence-corrected chi connectivity index (χ3v) is 2.64. The fourth-order valence-electron chi connectivity index (χ4n) is 1.50. The molecule has 102 valence electrons. The van der Waals surface area contributed by atoms with E-state index in [9.17, 15) is 9.18 Å². The van der Waals surface area contributed by atoms with Gasteiger partial charge in [0.2, 0.25) is 0 Å². The van der Waals surface area contributed by atoms with Crippen molar-refractivity contribution in [2.24, 2.45) is 0 Å². The second kappa shape index (κ2) is 6.63. The summed E-state index contributed by atoms with van der Waals surface area (Å²) in [7, 11) is 0. The number of rotatable bonds is 3. The zero-order valence-corrected chi connectivity index (χ0v) is 11.2. The number of hydrogen-bond donors (Lipinski definition) is 3. The highest BCUT2D eigenvalue weighted by Crippen LogP contribution is 2.06. The molecule has 2 rings (SSSR count). The molecule has 3 N–H and O–H groups in total. The van der Waals surface area contributed by atoms with Gasteiger partial charge in [0.1, 0.15) is 5.82 Å². The molecule has 0 saturated heterocycles. The van der Waals surface area contributed by atoms with E-state index < -0.39 is 11.7 Å². The standard InChI is InChI=1S/C14H12FN3OS/c15-12-9-5-4-8-11(12)13(19)16-14(20)18-17-10-6-2-1-3-7-10/h1-9,17H,(H2,16,18,19,20). The average molecular weight is 289 g/mol. The zero-order valence-electron chi connectivity index (χ0n) is 10.4. The van der Waals surface area contributed by atoms with E-state index in [1.54, 1.807) is 6.07 Å². The summed E-state index contributed by atoms with van der Waals surface area (Å²) >= 11 is 4.94. The van der Waals surface area contributed by atoms with Crippen LogP contribution >= 0.6 is 12.2 Å². The lowest BCUT2D eigenvalue weighted by Crippen LogP contribution is -2.42. The van der Waals surface area contributed by atoms with Crippen LogP contribution in [0.1, 0.15) is 10.4 Å². The Morgan fingerprint density at radius 1 is 1.00 bits per heavy atom. The number of hydrazine groups is 1. The number of hydrogen-bond acceptors (Lipinski definition) is 3. The Balaban J connectivity index is 1.89. The second-order valence-electron chi connectivity index (χ2n) is 3.88. The molecule has 2 aromatic carbocycles. The van der Waals surface area contributed by atoms with Gasteiger partial charge < -0.3 is 0 Å². The summed E-state index contributed by atoms with van der Waals surface area (Å²) in [6.45, 7) is 0. The normalized spacial score (nSPS) is 9.65. The van der Waals surface area contributed by atoms with Crippen molar-refractivity contribution in [2.75, 3.05) is 5.43 Å². The van der Waals surface area contributed by atoms with E-state index in [4.69, 9.17) is 12.2 Å². The molecule has 0 heterocycles. The summed E-state index contributed by atoms with van der Waals surface area (Å²) < 4.78 is 13.4. The Kier molecular flexibility index (Phi) is 4.62. The van der Waals surface area contributed by atoms with E-state index in [0.717, 1.165) is 5.69 Å². The van der Waals surface area contributed by atoms with E-state index in [-0.39, 0.29) is 10.7 Å². The lowest BCUT2D eigenvalue weighted by atomic mass is 10.2. The van der Waals surface area contributed by atoms with Gasteiger partial charge in [-0.15, -0.1) is 0 Å². The molecule has 0 unspecified atom stereocenters. The minimum absolute atomic E-state index is 0.0575. The van der Waals surface area contributed by atoms with E-state index in [1.807, 2.05) is 30.3 Å². The smallest absolute Gasteiger partial charge is 0.260 e. The molecular weight excluding hydrogens is 277 g/mol. The molecule has 1 amide bonds. The van der Waals surface area contributed by atoms with Gasteiger partial charge in [-0.05, 0) is 36.5 Å². The van der Waals surface area contributed by atoms with Crippen LogP contribution in [0.4, 0.5) is 10.1 Å². The molecule has 0 aliphatic carbocycles. The van der Waals surface area contributed by atoms with Crippen molar-refractivity contribution in [2.45, 2.75) is 0 Å². The summed E-state index contributed by atoms with van der Waals surface area (Å²) in [6.07, 6.45) is 0. The summed E-state index contributed by atoms with van der Waals surface area (Å²) in [4.78, 5) is 11.8. The number of amides is 1. The first-order valence-electron chi connectivity index (χ1n) is 5.84. The first-order valence-corrected chi connectivity index (χ1v) is 6.24. The van der Waals surface area contributed by atoms with E-state index in [1.165, 1.54) is 18.2 Å². The van der Waals surface area contributed by atoms with Crippen molar-refractivity contribution in [1.82, 2.24) is 10.7 Å². The zero-order chi connectivity index (χ0) is 14.4. The number of para-hydroxylation sites is 1. The highest BCUT2D eigenvalue weighted by atomic mass is 32.1. The van der Waals surface area contributed by atoms with Gasteiger partial charge in [-0.2, -0.15) is 0 Å². The molecule has 0 aliphatic heterocycles. The van der Waals surface area contributed by atoms with Gasteiger partial charge >= 0.3 is 0 Å². The highest BCUT2D eigenvalue weighted by molar-refractivity contribution is 7.80. The molecule has 0 spiro atoms. The molecule has 0 saturated carbocycles. The number of nitrogens with one attached hydrogen (secondary N) is 3. The van der Waals surface area contributed by atoms with Crippen LogP contribution in [0.2, 0.25) is 0 Å². The number of halogens is 1. The third kappa shape index (κ3) is 3.76. The molecule has 0 aromatic heterocycles. The summed E-state index contributed by atoms with van der Waals surface area (Å²) in [6, 6.07) is 14.9. The minimum Gasteiger partial charge on any atom is -0.299 e. The quantitative estimate of drug-likeness (QED) is 0.600. The largest absolute Gasteiger partial charge is 0.299 e. The molecule has 20 heavy (non-hydrogen) atoms. The molecular formula is C14H12FN3OS. The molecule has 4 nitrogen and oxygen atoms in total. The Hall–Kier alpha value is -2.47. The summed E-state index contributed by atoms with van der Waals surface area (Å²) in [5.74, 6) is -1.20. The first-order chi connectivity index (χ1) is 9.66. The fraction of sp³-hybridized carbons (Fsp3) is 0. The van der Waals surface area contributed by atoms with Gasteiger partial charge in [0.15, 0.2) is 5.11 Å². The topological polar surface area (TPSA) is 53.2 Å². The highest BCUT2D eigenvalue weighted by Gasteiger charge is 2.11. The molecule has 2 aromatic rings. The second-order valence-corrected chi connectivity index (χ2v) is 4.29. The van der Waals surface area contributed by atoms with Crippen LogP contribution in [0.3, 0.4) is 0 Å². The lowest BCUT2D eigenvalue weighted by molar-refractivity contribution is 0.0973. The minimum atomic E-state index is -0.601. The van der Waals surface area contributed by atoms with Crippen molar-refractivity contribution in [3.05, 3.63) is 66.0 Å². The number of carbonyl (C=O) groups excluding carboxylic acids is 1. The Labute approximate surface area is 121 Å². The van der Waals surface area contributed by atoms with Crippen LogP contribution < -0.4 is 16.2 Å². The van der Waals surface area contributed by atoms with Crippen LogP contribution in [0.25, 0.3) is 0 Å². The average Bonchev–Trinajstić information content (AvgIpc) is 2.46. The summed E-state index contributed by atoms with van der Waals surface area (Å²) in [5, 5.41) is 2.44. The van der Waals surface area contributed by atoms with Gasteiger partial charge in [-0.3, -0.25) is 21.0 Å². The number of thiocarbonyl (C=S) groups is 1. The van der Waals surface area contributed by atoms with Crippen molar-refractivity contribution in [3.63, 3.8) is 0 Å². The van der Waals surface area contributed by atoms with E-state index in [0.29, 0.717) is 0 Å². The monoisotopic (exact) mass is 289 g/mol. The number of carbonyl (C=O) groups is 1. The van der Waals surface area contributed by atoms with Gasteiger partial charge in [-0.1, -0.05) is 30.3 Å². The van der Waals surface area contributed by atoms with Gasteiger partial charge in [0, 0.05) is 0 Å². The first kappa shape index (κ1) is 14.0. The Morgan fingerprint density at radius 2 is 1.65 bits per heavy atom. The molecule has 0 aliphatic rings. The van der Waals surface area contributed by atoms with Crippen LogP contribution in [0.5, 0.6) is 0 Å². The van der Waals surface area contributed by atoms with E-state index in [2.05, 4.69) is 16.2 Å². The third-order valence-electron chi connectivity index (χ3n) is 2.44. The van der Waals surface area contributed by atoms with Crippen molar-refractivity contribution in [3.8, 4) is 0 Å². The molecule has 0 bridgehead atoms. The molecule has 6 heteroatoms. The predicted molar refractivity (Wildman–Crippen MR) is 79.7 cm³/mol. The van der Waals surface area contributed by atoms with Crippen LogP contribution in [0.15, 0.2) is 54.6 Å². The van der Waals surface area contributed by atoms with E-state index >= 15 is 0 Å². The fourth-order valence-corrected chi connectivity index (χ4v) is 1.64. The van der Waals surface area contributed by atoms with Gasteiger partial charge in [-0.25, -0.2) is 4.39 Å². The van der Waals surface area contributed by atoms with Crippen molar-refractivity contribution < 1.29 is 9.18 Å². The predicted octanol–water partition coefficient (Wildman–Crippen LogP) is 2.46. The molecule has 0 radical (unpaired) electrons. The van der Waals surface area contributed by atoms with Crippen molar-refractivity contribution >= 4 is 28.9 Å². The summed E-state index contributed by atoms with van der Waals surface area (Å²) in [5.41, 5.74) is 6.19. The van der Waals surface area contributed by atoms with Gasteiger partial charge in [0.25, 0.3) is 5.91 Å². The SMILES string of the molecule is O=C(NC(=S)NNc1ccccc1)c1ccccc1F.